The van der Waals surface area contributed by atoms with E-state index in [1.54, 1.807) is 6.20 Å². The maximum absolute atomic E-state index is 5.88. The molecule has 0 aromatic carbocycles. The lowest BCUT2D eigenvalue weighted by Gasteiger charge is -2.14. The van der Waals surface area contributed by atoms with E-state index in [1.807, 2.05) is 0 Å². The molecule has 0 amide bonds. The molecule has 1 aromatic heterocycles. The second kappa shape index (κ2) is 7.96. The molecular weight excluding hydrogens is 320 g/mol. The number of halogens is 1. The monoisotopic (exact) mass is 342 g/mol. The molecule has 1 fully saturated rings. The summed E-state index contributed by atoms with van der Waals surface area (Å²) in [6.45, 7) is 8.50. The molecule has 0 bridgehead atoms. The van der Waals surface area contributed by atoms with Crippen LogP contribution in [0.2, 0.25) is 0 Å². The van der Waals surface area contributed by atoms with Gasteiger partial charge in [-0.2, -0.15) is 0 Å². The molecule has 112 valence electrons. The lowest BCUT2D eigenvalue weighted by Crippen LogP contribution is -2.20. The van der Waals surface area contributed by atoms with Gasteiger partial charge in [-0.05, 0) is 40.9 Å². The van der Waals surface area contributed by atoms with Crippen LogP contribution in [0, 0.1) is 11.8 Å². The number of ether oxygens (including phenoxy) is 2. The summed E-state index contributed by atoms with van der Waals surface area (Å²) in [4.78, 5) is 4.39. The van der Waals surface area contributed by atoms with Crippen LogP contribution in [0.3, 0.4) is 0 Å². The molecule has 1 N–H and O–H groups in total. The zero-order valence-electron chi connectivity index (χ0n) is 12.2. The lowest BCUT2D eigenvalue weighted by atomic mass is 10.1. The Morgan fingerprint density at radius 3 is 3.10 bits per heavy atom. The highest BCUT2D eigenvalue weighted by atomic mass is 79.9. The van der Waals surface area contributed by atoms with Crippen LogP contribution in [0.5, 0.6) is 5.88 Å². The first-order valence-corrected chi connectivity index (χ1v) is 8.00. The largest absolute Gasteiger partial charge is 0.477 e. The molecule has 5 heteroatoms. The Balaban J connectivity index is 1.91. The number of rotatable bonds is 7. The zero-order valence-corrected chi connectivity index (χ0v) is 13.8. The fraction of sp³-hybridized carbons (Fsp3) is 0.667. The van der Waals surface area contributed by atoms with Gasteiger partial charge in [-0.3, -0.25) is 0 Å². The average Bonchev–Trinajstić information content (AvgIpc) is 2.90. The van der Waals surface area contributed by atoms with E-state index in [-0.39, 0.29) is 0 Å². The summed E-state index contributed by atoms with van der Waals surface area (Å²) in [5, 5.41) is 3.43. The van der Waals surface area contributed by atoms with Crippen molar-refractivity contribution >= 4 is 15.9 Å². The van der Waals surface area contributed by atoms with Gasteiger partial charge in [-0.1, -0.05) is 13.8 Å². The molecule has 0 aliphatic carbocycles. The molecule has 1 aliphatic rings. The van der Waals surface area contributed by atoms with Gasteiger partial charge in [-0.15, -0.1) is 0 Å². The maximum atomic E-state index is 5.88. The van der Waals surface area contributed by atoms with Gasteiger partial charge >= 0.3 is 0 Å². The molecule has 0 saturated carbocycles. The smallest absolute Gasteiger partial charge is 0.217 e. The predicted octanol–water partition coefficient (Wildman–Crippen LogP) is 3.01. The van der Waals surface area contributed by atoms with Gasteiger partial charge in [0.25, 0.3) is 0 Å². The van der Waals surface area contributed by atoms with Crippen molar-refractivity contribution in [2.24, 2.45) is 11.8 Å². The molecule has 20 heavy (non-hydrogen) atoms. The van der Waals surface area contributed by atoms with Crippen molar-refractivity contribution in [3.05, 3.63) is 22.3 Å². The molecule has 1 saturated heterocycles. The first-order valence-electron chi connectivity index (χ1n) is 7.21. The van der Waals surface area contributed by atoms with Gasteiger partial charge in [0, 0.05) is 35.3 Å². The quantitative estimate of drug-likeness (QED) is 0.827. The molecule has 1 atom stereocenters. The van der Waals surface area contributed by atoms with E-state index in [2.05, 4.69) is 46.1 Å². The fourth-order valence-corrected chi connectivity index (χ4v) is 2.51. The minimum Gasteiger partial charge on any atom is -0.477 e. The van der Waals surface area contributed by atoms with E-state index in [4.69, 9.17) is 9.47 Å². The second-order valence-corrected chi connectivity index (χ2v) is 6.60. The standard InChI is InChI=1S/C15H23BrN2O2/c1-11(2)6-17-7-13-5-14(16)8-18-15(13)20-10-12-3-4-19-9-12/h5,8,11-12,17H,3-4,6-7,9-10H2,1-2H3. The Bertz CT molecular complexity index is 420. The van der Waals surface area contributed by atoms with E-state index < -0.39 is 0 Å². The first-order chi connectivity index (χ1) is 9.65. The number of nitrogens with zero attached hydrogens (tertiary/aromatic N) is 1. The van der Waals surface area contributed by atoms with Gasteiger partial charge in [-0.25, -0.2) is 4.98 Å². The minimum atomic E-state index is 0.497. The highest BCUT2D eigenvalue weighted by Gasteiger charge is 2.17. The normalized spacial score (nSPS) is 18.7. The molecule has 1 aliphatic heterocycles. The Kier molecular flexibility index (Phi) is 6.26. The van der Waals surface area contributed by atoms with Gasteiger partial charge < -0.3 is 14.8 Å². The van der Waals surface area contributed by atoms with Crippen LogP contribution in [-0.4, -0.2) is 31.3 Å². The summed E-state index contributed by atoms with van der Waals surface area (Å²) < 4.78 is 12.2. The lowest BCUT2D eigenvalue weighted by molar-refractivity contribution is 0.165. The number of pyridine rings is 1. The van der Waals surface area contributed by atoms with Crippen LogP contribution in [-0.2, 0) is 11.3 Å². The van der Waals surface area contributed by atoms with Crippen molar-refractivity contribution in [3.63, 3.8) is 0 Å². The van der Waals surface area contributed by atoms with E-state index in [0.29, 0.717) is 18.4 Å². The molecule has 1 unspecified atom stereocenters. The third kappa shape index (κ3) is 5.04. The summed E-state index contributed by atoms with van der Waals surface area (Å²) >= 11 is 3.47. The number of hydrogen-bond acceptors (Lipinski definition) is 4. The number of nitrogens with one attached hydrogen (secondary N) is 1. The topological polar surface area (TPSA) is 43.4 Å². The van der Waals surface area contributed by atoms with E-state index in [0.717, 1.165) is 48.6 Å². The molecule has 0 radical (unpaired) electrons. The zero-order chi connectivity index (χ0) is 14.4. The molecule has 1 aromatic rings. The van der Waals surface area contributed by atoms with Gasteiger partial charge in [0.1, 0.15) is 0 Å². The molecule has 0 spiro atoms. The Hall–Kier alpha value is -0.650. The highest BCUT2D eigenvalue weighted by Crippen LogP contribution is 2.22. The molecule has 2 heterocycles. The summed E-state index contributed by atoms with van der Waals surface area (Å²) in [6.07, 6.45) is 2.86. The molecule has 2 rings (SSSR count). The SMILES string of the molecule is CC(C)CNCc1cc(Br)cnc1OCC1CCOC1. The fourth-order valence-electron chi connectivity index (χ4n) is 2.13. The van der Waals surface area contributed by atoms with Crippen molar-refractivity contribution in [2.45, 2.75) is 26.8 Å². The van der Waals surface area contributed by atoms with Gasteiger partial charge in [0.15, 0.2) is 0 Å². The predicted molar refractivity (Wildman–Crippen MR) is 82.9 cm³/mol. The van der Waals surface area contributed by atoms with E-state index in [9.17, 15) is 0 Å². The average molecular weight is 343 g/mol. The van der Waals surface area contributed by atoms with Crippen LogP contribution in [0.25, 0.3) is 0 Å². The third-order valence-corrected chi connectivity index (χ3v) is 3.67. The molecular formula is C15H23BrN2O2. The number of hydrogen-bond donors (Lipinski definition) is 1. The Morgan fingerprint density at radius 2 is 2.40 bits per heavy atom. The summed E-state index contributed by atoms with van der Waals surface area (Å²) in [5.41, 5.74) is 1.10. The van der Waals surface area contributed by atoms with E-state index >= 15 is 0 Å². The summed E-state index contributed by atoms with van der Waals surface area (Å²) in [5.74, 6) is 1.86. The molecule has 4 nitrogen and oxygen atoms in total. The van der Waals surface area contributed by atoms with Crippen LogP contribution >= 0.6 is 15.9 Å². The summed E-state index contributed by atoms with van der Waals surface area (Å²) in [6, 6.07) is 2.07. The van der Waals surface area contributed by atoms with Crippen molar-refractivity contribution in [1.29, 1.82) is 0 Å². The Morgan fingerprint density at radius 1 is 1.55 bits per heavy atom. The highest BCUT2D eigenvalue weighted by molar-refractivity contribution is 9.10. The Labute approximate surface area is 129 Å². The van der Waals surface area contributed by atoms with Gasteiger partial charge in [0.05, 0.1) is 13.2 Å². The van der Waals surface area contributed by atoms with E-state index in [1.165, 1.54) is 0 Å². The second-order valence-electron chi connectivity index (χ2n) is 5.68. The minimum absolute atomic E-state index is 0.497. The van der Waals surface area contributed by atoms with Crippen molar-refractivity contribution < 1.29 is 9.47 Å². The van der Waals surface area contributed by atoms with Gasteiger partial charge in [0.2, 0.25) is 5.88 Å². The maximum Gasteiger partial charge on any atom is 0.217 e. The first kappa shape index (κ1) is 15.7. The summed E-state index contributed by atoms with van der Waals surface area (Å²) in [7, 11) is 0. The van der Waals surface area contributed by atoms with Crippen molar-refractivity contribution in [3.8, 4) is 5.88 Å². The van der Waals surface area contributed by atoms with Crippen LogP contribution in [0.4, 0.5) is 0 Å². The third-order valence-electron chi connectivity index (χ3n) is 3.24. The van der Waals surface area contributed by atoms with Crippen LogP contribution in [0.1, 0.15) is 25.8 Å². The van der Waals surface area contributed by atoms with Crippen molar-refractivity contribution in [1.82, 2.24) is 10.3 Å². The number of aromatic nitrogens is 1. The van der Waals surface area contributed by atoms with Crippen LogP contribution in [0.15, 0.2) is 16.7 Å². The van der Waals surface area contributed by atoms with Crippen molar-refractivity contribution in [2.75, 3.05) is 26.4 Å². The van der Waals surface area contributed by atoms with Crippen LogP contribution < -0.4 is 10.1 Å².